The first-order valence-electron chi connectivity index (χ1n) is 7.82. The zero-order chi connectivity index (χ0) is 18.7. The molecule has 0 aliphatic heterocycles. The van der Waals surface area contributed by atoms with Crippen molar-refractivity contribution in [3.63, 3.8) is 0 Å². The average molecular weight is 336 g/mol. The van der Waals surface area contributed by atoms with E-state index >= 15 is 0 Å². The third-order valence-corrected chi connectivity index (χ3v) is 3.17. The average Bonchev–Trinajstić information content (AvgIpc) is 2.54. The normalized spacial score (nSPS) is 10.9. The Hall–Kier alpha value is -2.34. The van der Waals surface area contributed by atoms with Crippen LogP contribution < -0.4 is 11.1 Å². The maximum absolute atomic E-state index is 11.8. The van der Waals surface area contributed by atoms with Crippen LogP contribution in [-0.2, 0) is 20.7 Å². The predicted octanol–water partition coefficient (Wildman–Crippen LogP) is 2.43. The second kappa shape index (κ2) is 11.2. The van der Waals surface area contributed by atoms with E-state index in [1.54, 1.807) is 6.08 Å². The van der Waals surface area contributed by atoms with E-state index in [9.17, 15) is 9.59 Å². The number of ether oxygens (including phenoxy) is 1. The molecule has 134 valence electrons. The number of nitrogens with one attached hydrogen (secondary N) is 1. The molecule has 0 bridgehead atoms. The summed E-state index contributed by atoms with van der Waals surface area (Å²) in [6.07, 6.45) is 2.50. The number of carboxylic acids is 1. The second-order valence-electron chi connectivity index (χ2n) is 5.35. The molecule has 0 radical (unpaired) electrons. The van der Waals surface area contributed by atoms with E-state index in [4.69, 9.17) is 9.84 Å². The zero-order valence-corrected chi connectivity index (χ0v) is 14.9. The van der Waals surface area contributed by atoms with Gasteiger partial charge in [-0.15, -0.1) is 0 Å². The number of anilines is 1. The third kappa shape index (κ3) is 7.78. The minimum absolute atomic E-state index is 0.248. The molecule has 0 aliphatic carbocycles. The number of carbonyl (C=O) groups is 2. The van der Waals surface area contributed by atoms with E-state index in [0.717, 1.165) is 17.7 Å². The molecule has 0 aliphatic rings. The summed E-state index contributed by atoms with van der Waals surface area (Å²) in [6, 6.07) is 3.90. The summed E-state index contributed by atoms with van der Waals surface area (Å²) in [5.74, 6) is -1.23. The molecular weight excluding hydrogens is 308 g/mol. The summed E-state index contributed by atoms with van der Waals surface area (Å²) in [5.41, 5.74) is 9.22. The van der Waals surface area contributed by atoms with Gasteiger partial charge < -0.3 is 20.9 Å². The van der Waals surface area contributed by atoms with Crippen molar-refractivity contribution in [1.82, 2.24) is 0 Å². The van der Waals surface area contributed by atoms with Gasteiger partial charge in [0.15, 0.2) is 0 Å². The van der Waals surface area contributed by atoms with Gasteiger partial charge in [-0.25, -0.2) is 4.79 Å². The molecule has 0 spiro atoms. The smallest absolute Gasteiger partial charge is 0.328 e. The summed E-state index contributed by atoms with van der Waals surface area (Å²) in [6.45, 7) is 11.6. The molecule has 0 saturated heterocycles. The van der Waals surface area contributed by atoms with Crippen molar-refractivity contribution in [3.8, 4) is 0 Å². The molecule has 24 heavy (non-hydrogen) atoms. The van der Waals surface area contributed by atoms with Crippen LogP contribution in [0, 0.1) is 13.8 Å². The Bertz CT molecular complexity index is 570. The molecule has 6 nitrogen and oxygen atoms in total. The number of rotatable bonds is 7. The zero-order valence-electron chi connectivity index (χ0n) is 14.9. The molecule has 0 saturated carbocycles. The van der Waals surface area contributed by atoms with Gasteiger partial charge in [-0.05, 0) is 38.3 Å². The van der Waals surface area contributed by atoms with Crippen LogP contribution in [0.2, 0.25) is 0 Å². The van der Waals surface area contributed by atoms with Gasteiger partial charge in [0.25, 0.3) is 0 Å². The highest BCUT2D eigenvalue weighted by Crippen LogP contribution is 2.24. The number of aryl methyl sites for hydroxylation is 3. The monoisotopic (exact) mass is 336 g/mol. The molecule has 0 amide bonds. The highest BCUT2D eigenvalue weighted by molar-refractivity contribution is 5.80. The number of nitrogens with two attached hydrogens (primary N) is 1. The lowest BCUT2D eigenvalue weighted by molar-refractivity contribution is -0.143. The van der Waals surface area contributed by atoms with E-state index in [1.165, 1.54) is 11.1 Å². The fourth-order valence-electron chi connectivity index (χ4n) is 2.08. The number of benzene rings is 1. The van der Waals surface area contributed by atoms with Gasteiger partial charge in [-0.1, -0.05) is 37.3 Å². The van der Waals surface area contributed by atoms with Crippen molar-refractivity contribution in [2.75, 3.05) is 18.5 Å². The summed E-state index contributed by atoms with van der Waals surface area (Å²) in [4.78, 5) is 21.0. The van der Waals surface area contributed by atoms with Crippen LogP contribution in [0.5, 0.6) is 0 Å². The van der Waals surface area contributed by atoms with E-state index < -0.39 is 5.97 Å². The first-order chi connectivity index (χ1) is 11.3. The Labute approximate surface area is 143 Å². The van der Waals surface area contributed by atoms with Crippen molar-refractivity contribution in [2.45, 2.75) is 40.2 Å². The molecule has 1 atom stereocenters. The highest BCUT2D eigenvalue weighted by Gasteiger charge is 2.16. The van der Waals surface area contributed by atoms with Crippen LogP contribution in [0.4, 0.5) is 5.69 Å². The molecule has 0 heterocycles. The lowest BCUT2D eigenvalue weighted by Crippen LogP contribution is -2.29. The molecule has 1 aromatic carbocycles. The van der Waals surface area contributed by atoms with Crippen molar-refractivity contribution in [2.24, 2.45) is 5.73 Å². The number of hydrogen-bond acceptors (Lipinski definition) is 5. The van der Waals surface area contributed by atoms with E-state index in [0.29, 0.717) is 0 Å². The van der Waals surface area contributed by atoms with E-state index in [1.807, 2.05) is 6.92 Å². The van der Waals surface area contributed by atoms with Crippen LogP contribution in [0.15, 0.2) is 24.8 Å². The van der Waals surface area contributed by atoms with Crippen molar-refractivity contribution >= 4 is 17.6 Å². The number of hydrogen-bond donors (Lipinski definition) is 3. The van der Waals surface area contributed by atoms with Gasteiger partial charge in [0.05, 0.1) is 6.54 Å². The van der Waals surface area contributed by atoms with Gasteiger partial charge in [0.2, 0.25) is 0 Å². The Morgan fingerprint density at radius 3 is 2.46 bits per heavy atom. The minimum Gasteiger partial charge on any atom is -0.480 e. The Morgan fingerprint density at radius 2 is 2.00 bits per heavy atom. The molecule has 1 aromatic rings. The Balaban J connectivity index is 0.000000922. The topological polar surface area (TPSA) is 102 Å². The van der Waals surface area contributed by atoms with Gasteiger partial charge in [-0.3, -0.25) is 4.79 Å². The number of esters is 1. The summed E-state index contributed by atoms with van der Waals surface area (Å²) in [7, 11) is 0. The predicted molar refractivity (Wildman–Crippen MR) is 96.2 cm³/mol. The van der Waals surface area contributed by atoms with Gasteiger partial charge in [-0.2, -0.15) is 0 Å². The Morgan fingerprint density at radius 1 is 1.42 bits per heavy atom. The minimum atomic E-state index is -0.968. The SMILES string of the molecule is C=CCOC(=O)[C@H](C)Nc1c(C)cc(C)cc1CC.NCC(=O)O. The molecular formula is C18H28N2O4. The molecule has 6 heteroatoms. The van der Waals surface area contributed by atoms with Crippen LogP contribution in [0.25, 0.3) is 0 Å². The van der Waals surface area contributed by atoms with Gasteiger partial charge >= 0.3 is 11.9 Å². The van der Waals surface area contributed by atoms with Crippen molar-refractivity contribution < 1.29 is 19.4 Å². The first kappa shape index (κ1) is 21.7. The van der Waals surface area contributed by atoms with Gasteiger partial charge in [0.1, 0.15) is 12.6 Å². The van der Waals surface area contributed by atoms with Gasteiger partial charge in [0, 0.05) is 5.69 Å². The number of carboxylic acid groups (broad SMARTS) is 1. The van der Waals surface area contributed by atoms with E-state index in [2.05, 4.69) is 50.5 Å². The summed E-state index contributed by atoms with van der Waals surface area (Å²) < 4.78 is 5.04. The van der Waals surface area contributed by atoms with Crippen LogP contribution in [0.1, 0.15) is 30.5 Å². The molecule has 0 fully saturated rings. The fourth-order valence-corrected chi connectivity index (χ4v) is 2.08. The molecule has 4 N–H and O–H groups in total. The molecule has 0 unspecified atom stereocenters. The third-order valence-electron chi connectivity index (χ3n) is 3.17. The van der Waals surface area contributed by atoms with E-state index in [-0.39, 0.29) is 25.2 Å². The maximum atomic E-state index is 11.8. The fraction of sp³-hybridized carbons (Fsp3) is 0.444. The standard InChI is InChI=1S/C16H23NO2.C2H5NO2/c1-6-8-19-16(18)13(5)17-15-12(4)9-11(3)10-14(15)7-2;3-1-2(4)5/h6,9-10,13,17H,1,7-8H2,2-5H3;1,3H2,(H,4,5)/t13-;/m0./s1. The van der Waals surface area contributed by atoms with Crippen LogP contribution >= 0.6 is 0 Å². The van der Waals surface area contributed by atoms with Crippen molar-refractivity contribution in [3.05, 3.63) is 41.5 Å². The lowest BCUT2D eigenvalue weighted by atomic mass is 10.0. The first-order valence-corrected chi connectivity index (χ1v) is 7.82. The summed E-state index contributed by atoms with van der Waals surface area (Å²) in [5, 5.41) is 10.9. The van der Waals surface area contributed by atoms with Crippen molar-refractivity contribution in [1.29, 1.82) is 0 Å². The lowest BCUT2D eigenvalue weighted by Gasteiger charge is -2.19. The van der Waals surface area contributed by atoms with Crippen LogP contribution in [-0.4, -0.2) is 36.2 Å². The maximum Gasteiger partial charge on any atom is 0.328 e. The number of aliphatic carboxylic acids is 1. The molecule has 0 aromatic heterocycles. The molecule has 1 rings (SSSR count). The van der Waals surface area contributed by atoms with Crippen LogP contribution in [0.3, 0.4) is 0 Å². The second-order valence-corrected chi connectivity index (χ2v) is 5.35. The highest BCUT2D eigenvalue weighted by atomic mass is 16.5. The Kier molecular flexibility index (Phi) is 10.1. The largest absolute Gasteiger partial charge is 0.480 e. The number of carbonyl (C=O) groups excluding carboxylic acids is 1. The summed E-state index contributed by atoms with van der Waals surface area (Å²) >= 11 is 0. The quantitative estimate of drug-likeness (QED) is 0.522.